The standard InChI is InChI=1S/C34H23BN2O/c35-26-19-17-24(18-20-26)31-21-30(36-34(37-31)25-7-2-1-3-8-25)23-15-13-22(14-16-23)27-10-6-11-29-28-9-4-5-12-32(28)38-33(27)29/h1-21H,35H2. The summed E-state index contributed by atoms with van der Waals surface area (Å²) in [7, 11) is 2.10. The molecule has 38 heavy (non-hydrogen) atoms. The Labute approximate surface area is 221 Å². The molecule has 0 saturated carbocycles. The van der Waals surface area contributed by atoms with Crippen molar-refractivity contribution >= 4 is 35.2 Å². The van der Waals surface area contributed by atoms with Gasteiger partial charge in [0.2, 0.25) is 0 Å². The predicted octanol–water partition coefficient (Wildman–Crippen LogP) is 7.30. The molecule has 4 heteroatoms. The molecule has 178 valence electrons. The minimum atomic E-state index is 0.717. The molecular formula is C34H23BN2O. The quantitative estimate of drug-likeness (QED) is 0.245. The first-order valence-electron chi connectivity index (χ1n) is 12.8. The van der Waals surface area contributed by atoms with Gasteiger partial charge in [-0.15, -0.1) is 0 Å². The molecule has 0 bridgehead atoms. The summed E-state index contributed by atoms with van der Waals surface area (Å²) >= 11 is 0. The maximum absolute atomic E-state index is 6.27. The number of hydrogen-bond donors (Lipinski definition) is 0. The van der Waals surface area contributed by atoms with Crippen LogP contribution < -0.4 is 5.46 Å². The Morgan fingerprint density at radius 3 is 1.84 bits per heavy atom. The van der Waals surface area contributed by atoms with Gasteiger partial charge in [-0.3, -0.25) is 0 Å². The molecule has 2 heterocycles. The zero-order valence-corrected chi connectivity index (χ0v) is 20.9. The van der Waals surface area contributed by atoms with E-state index in [1.54, 1.807) is 0 Å². The van der Waals surface area contributed by atoms with Gasteiger partial charge in [0.1, 0.15) is 19.0 Å². The lowest BCUT2D eigenvalue weighted by molar-refractivity contribution is 0.670. The molecule has 0 fully saturated rings. The number of aromatic nitrogens is 2. The highest BCUT2D eigenvalue weighted by Crippen LogP contribution is 2.36. The molecule has 5 aromatic carbocycles. The minimum Gasteiger partial charge on any atom is -0.455 e. The predicted molar refractivity (Wildman–Crippen MR) is 159 cm³/mol. The topological polar surface area (TPSA) is 38.9 Å². The highest BCUT2D eigenvalue weighted by molar-refractivity contribution is 6.32. The second-order valence-electron chi connectivity index (χ2n) is 9.55. The van der Waals surface area contributed by atoms with Crippen molar-refractivity contribution < 1.29 is 4.42 Å². The number of rotatable bonds is 4. The Balaban J connectivity index is 1.33. The van der Waals surface area contributed by atoms with E-state index in [2.05, 4.69) is 105 Å². The van der Waals surface area contributed by atoms with E-state index in [9.17, 15) is 0 Å². The van der Waals surface area contributed by atoms with E-state index in [0.717, 1.165) is 67.0 Å². The third-order valence-electron chi connectivity index (χ3n) is 7.00. The van der Waals surface area contributed by atoms with Gasteiger partial charge in [-0.2, -0.15) is 0 Å². The Morgan fingerprint density at radius 1 is 0.500 bits per heavy atom. The third-order valence-corrected chi connectivity index (χ3v) is 7.00. The number of nitrogens with zero attached hydrogens (tertiary/aromatic N) is 2. The van der Waals surface area contributed by atoms with E-state index in [4.69, 9.17) is 14.4 Å². The highest BCUT2D eigenvalue weighted by atomic mass is 16.3. The largest absolute Gasteiger partial charge is 0.455 e. The first-order valence-corrected chi connectivity index (χ1v) is 12.8. The highest BCUT2D eigenvalue weighted by Gasteiger charge is 2.13. The monoisotopic (exact) mass is 486 g/mol. The van der Waals surface area contributed by atoms with Gasteiger partial charge in [0.15, 0.2) is 5.82 Å². The van der Waals surface area contributed by atoms with Crippen molar-refractivity contribution in [1.29, 1.82) is 0 Å². The van der Waals surface area contributed by atoms with Gasteiger partial charge >= 0.3 is 0 Å². The summed E-state index contributed by atoms with van der Waals surface area (Å²) in [6.45, 7) is 0. The maximum Gasteiger partial charge on any atom is 0.160 e. The van der Waals surface area contributed by atoms with Crippen LogP contribution in [0, 0.1) is 0 Å². The molecule has 0 amide bonds. The Kier molecular flexibility index (Phi) is 5.37. The van der Waals surface area contributed by atoms with Crippen LogP contribution in [0.15, 0.2) is 132 Å². The SMILES string of the molecule is Bc1ccc(-c2cc(-c3ccc(-c4cccc5c4oc4ccccc45)cc3)nc(-c3ccccc3)n2)cc1. The molecule has 0 N–H and O–H groups in total. The fraction of sp³-hybridized carbons (Fsp3) is 0. The average molecular weight is 486 g/mol. The summed E-state index contributed by atoms with van der Waals surface area (Å²) in [5.74, 6) is 0.717. The summed E-state index contributed by atoms with van der Waals surface area (Å²) in [5, 5.41) is 2.27. The molecule has 0 saturated heterocycles. The van der Waals surface area contributed by atoms with Crippen molar-refractivity contribution in [1.82, 2.24) is 9.97 Å². The molecule has 0 spiro atoms. The van der Waals surface area contributed by atoms with Crippen LogP contribution in [0.25, 0.3) is 67.0 Å². The summed E-state index contributed by atoms with van der Waals surface area (Å²) in [4.78, 5) is 9.89. The molecule has 0 aliphatic carbocycles. The molecule has 2 aromatic heterocycles. The van der Waals surface area contributed by atoms with Gasteiger partial charge in [0.05, 0.1) is 11.4 Å². The molecular weight excluding hydrogens is 463 g/mol. The molecule has 0 unspecified atom stereocenters. The number of furan rings is 1. The van der Waals surface area contributed by atoms with E-state index in [1.807, 2.05) is 30.3 Å². The van der Waals surface area contributed by atoms with Crippen molar-refractivity contribution in [3.63, 3.8) is 0 Å². The summed E-state index contributed by atoms with van der Waals surface area (Å²) in [5.41, 5.74) is 10.1. The van der Waals surface area contributed by atoms with Gasteiger partial charge in [-0.25, -0.2) is 9.97 Å². The molecule has 0 aliphatic heterocycles. The lowest BCUT2D eigenvalue weighted by Gasteiger charge is -2.10. The first kappa shape index (κ1) is 22.3. The Hall–Kier alpha value is -4.96. The Morgan fingerprint density at radius 2 is 1.11 bits per heavy atom. The smallest absolute Gasteiger partial charge is 0.160 e. The number of benzene rings is 5. The van der Waals surface area contributed by atoms with E-state index in [-0.39, 0.29) is 0 Å². The number of para-hydroxylation sites is 2. The molecule has 0 radical (unpaired) electrons. The van der Waals surface area contributed by atoms with E-state index < -0.39 is 0 Å². The minimum absolute atomic E-state index is 0.717. The van der Waals surface area contributed by atoms with Gasteiger partial charge in [-0.05, 0) is 17.7 Å². The van der Waals surface area contributed by atoms with Gasteiger partial charge in [0, 0.05) is 33.0 Å². The summed E-state index contributed by atoms with van der Waals surface area (Å²) in [6.07, 6.45) is 0. The van der Waals surface area contributed by atoms with Gasteiger partial charge in [-0.1, -0.05) is 121 Å². The molecule has 7 rings (SSSR count). The van der Waals surface area contributed by atoms with Crippen molar-refractivity contribution in [3.05, 3.63) is 127 Å². The summed E-state index contributed by atoms with van der Waals surface area (Å²) < 4.78 is 6.27. The molecule has 3 nitrogen and oxygen atoms in total. The van der Waals surface area contributed by atoms with Crippen molar-refractivity contribution in [2.75, 3.05) is 0 Å². The zero-order valence-electron chi connectivity index (χ0n) is 20.9. The fourth-order valence-corrected chi connectivity index (χ4v) is 4.98. The number of hydrogen-bond acceptors (Lipinski definition) is 3. The van der Waals surface area contributed by atoms with Crippen molar-refractivity contribution in [2.24, 2.45) is 0 Å². The first-order chi connectivity index (χ1) is 18.7. The third kappa shape index (κ3) is 3.97. The van der Waals surface area contributed by atoms with E-state index in [0.29, 0.717) is 0 Å². The van der Waals surface area contributed by atoms with Crippen molar-refractivity contribution in [3.8, 4) is 45.0 Å². The average Bonchev–Trinajstić information content (AvgIpc) is 3.37. The van der Waals surface area contributed by atoms with Crippen LogP contribution in [0.4, 0.5) is 0 Å². The van der Waals surface area contributed by atoms with Crippen LogP contribution >= 0.6 is 0 Å². The Bertz CT molecular complexity index is 1910. The van der Waals surface area contributed by atoms with Gasteiger partial charge in [0.25, 0.3) is 0 Å². The molecule has 0 aliphatic rings. The van der Waals surface area contributed by atoms with Crippen LogP contribution in [0.2, 0.25) is 0 Å². The zero-order chi connectivity index (χ0) is 25.5. The lowest BCUT2D eigenvalue weighted by Crippen LogP contribution is -2.00. The maximum atomic E-state index is 6.27. The molecule has 7 aromatic rings. The van der Waals surface area contributed by atoms with Crippen LogP contribution in [0.1, 0.15) is 0 Å². The van der Waals surface area contributed by atoms with Gasteiger partial charge < -0.3 is 4.42 Å². The second-order valence-corrected chi connectivity index (χ2v) is 9.55. The van der Waals surface area contributed by atoms with Crippen LogP contribution in [-0.2, 0) is 0 Å². The van der Waals surface area contributed by atoms with Crippen LogP contribution in [0.3, 0.4) is 0 Å². The number of fused-ring (bicyclic) bond motifs is 3. The second kappa shape index (κ2) is 9.17. The van der Waals surface area contributed by atoms with Crippen LogP contribution in [0.5, 0.6) is 0 Å². The van der Waals surface area contributed by atoms with Crippen molar-refractivity contribution in [2.45, 2.75) is 0 Å². The fourth-order valence-electron chi connectivity index (χ4n) is 4.98. The van der Waals surface area contributed by atoms with E-state index in [1.165, 1.54) is 5.46 Å². The molecule has 0 atom stereocenters. The van der Waals surface area contributed by atoms with E-state index >= 15 is 0 Å². The van der Waals surface area contributed by atoms with Crippen LogP contribution in [-0.4, -0.2) is 17.8 Å². The lowest BCUT2D eigenvalue weighted by atomic mass is 9.94. The summed E-state index contributed by atoms with van der Waals surface area (Å²) in [6, 6.07) is 43.8. The normalized spacial score (nSPS) is 11.3.